The summed E-state index contributed by atoms with van der Waals surface area (Å²) in [5.74, 6) is 0.145. The van der Waals surface area contributed by atoms with Crippen LogP contribution in [0, 0.1) is 0 Å². The van der Waals surface area contributed by atoms with E-state index in [0.717, 1.165) is 0 Å². The van der Waals surface area contributed by atoms with E-state index in [0.29, 0.717) is 17.2 Å². The van der Waals surface area contributed by atoms with Gasteiger partial charge < -0.3 is 19.5 Å². The number of rotatable bonds is 5. The molecule has 0 heterocycles. The summed E-state index contributed by atoms with van der Waals surface area (Å²) in [6, 6.07) is 4.96. The number of esters is 1. The van der Waals surface area contributed by atoms with Gasteiger partial charge in [0.25, 0.3) is 5.91 Å². The van der Waals surface area contributed by atoms with Crippen LogP contribution in [0.1, 0.15) is 13.8 Å². The molecule has 0 aromatic heterocycles. The van der Waals surface area contributed by atoms with Crippen molar-refractivity contribution in [3.63, 3.8) is 0 Å². The van der Waals surface area contributed by atoms with Crippen LogP contribution in [-0.2, 0) is 14.3 Å². The molecule has 0 bridgehead atoms. The zero-order valence-corrected chi connectivity index (χ0v) is 11.4. The first-order valence-electron chi connectivity index (χ1n) is 5.68. The number of anilines is 1. The molecule has 1 amide bonds. The number of methoxy groups -OCH3 is 2. The lowest BCUT2D eigenvalue weighted by Crippen LogP contribution is -2.29. The van der Waals surface area contributed by atoms with Crippen LogP contribution in [0.5, 0.6) is 11.5 Å². The van der Waals surface area contributed by atoms with Gasteiger partial charge in [-0.1, -0.05) is 0 Å². The lowest BCUT2D eigenvalue weighted by molar-refractivity contribution is -0.150. The second-order valence-electron chi connectivity index (χ2n) is 3.81. The minimum absolute atomic E-state index is 0.414. The summed E-state index contributed by atoms with van der Waals surface area (Å²) < 4.78 is 15.0. The molecule has 0 fully saturated rings. The Balaban J connectivity index is 2.77. The van der Waals surface area contributed by atoms with E-state index in [1.54, 1.807) is 18.2 Å². The van der Waals surface area contributed by atoms with Crippen molar-refractivity contribution < 1.29 is 23.8 Å². The lowest BCUT2D eigenvalue weighted by Gasteiger charge is -2.13. The first-order chi connectivity index (χ1) is 8.97. The zero-order chi connectivity index (χ0) is 14.4. The van der Waals surface area contributed by atoms with Crippen LogP contribution in [0.4, 0.5) is 5.69 Å². The van der Waals surface area contributed by atoms with Crippen LogP contribution >= 0.6 is 0 Å². The summed E-state index contributed by atoms with van der Waals surface area (Å²) in [6.45, 7) is 2.75. The second-order valence-corrected chi connectivity index (χ2v) is 3.81. The standard InChI is InChI=1S/C13H17NO5/c1-8(19-9(2)15)13(16)14-10-5-6-11(17-3)12(7-10)18-4/h5-8H,1-4H3,(H,14,16)/t8-/m1/s1. The van der Waals surface area contributed by atoms with Gasteiger partial charge in [0.2, 0.25) is 0 Å². The van der Waals surface area contributed by atoms with E-state index in [-0.39, 0.29) is 0 Å². The van der Waals surface area contributed by atoms with Gasteiger partial charge in [0.1, 0.15) is 0 Å². The summed E-state index contributed by atoms with van der Waals surface area (Å²) in [5, 5.41) is 2.62. The predicted molar refractivity (Wildman–Crippen MR) is 69.4 cm³/mol. The normalized spacial score (nSPS) is 11.4. The molecule has 0 aliphatic rings. The van der Waals surface area contributed by atoms with E-state index in [2.05, 4.69) is 5.32 Å². The average Bonchev–Trinajstić information content (AvgIpc) is 2.37. The van der Waals surface area contributed by atoms with Crippen molar-refractivity contribution in [1.82, 2.24) is 0 Å². The van der Waals surface area contributed by atoms with E-state index >= 15 is 0 Å². The molecule has 6 heteroatoms. The Morgan fingerprint density at radius 1 is 1.16 bits per heavy atom. The first kappa shape index (κ1) is 14.8. The Morgan fingerprint density at radius 2 is 1.79 bits per heavy atom. The fraction of sp³-hybridized carbons (Fsp3) is 0.385. The third-order valence-corrected chi connectivity index (χ3v) is 2.36. The molecule has 104 valence electrons. The van der Waals surface area contributed by atoms with Gasteiger partial charge in [-0.3, -0.25) is 9.59 Å². The summed E-state index contributed by atoms with van der Waals surface area (Å²) in [5.41, 5.74) is 0.529. The molecule has 0 unspecified atom stereocenters. The monoisotopic (exact) mass is 267 g/mol. The van der Waals surface area contributed by atoms with Crippen molar-refractivity contribution in [2.75, 3.05) is 19.5 Å². The maximum atomic E-state index is 11.7. The number of carbonyl (C=O) groups is 2. The fourth-order valence-electron chi connectivity index (χ4n) is 1.46. The Labute approximate surface area is 111 Å². The molecule has 0 aliphatic heterocycles. The van der Waals surface area contributed by atoms with Crippen LogP contribution < -0.4 is 14.8 Å². The Kier molecular flexibility index (Phi) is 5.17. The lowest BCUT2D eigenvalue weighted by atomic mass is 10.2. The number of hydrogen-bond donors (Lipinski definition) is 1. The SMILES string of the molecule is COc1ccc(NC(=O)[C@@H](C)OC(C)=O)cc1OC. The number of hydrogen-bond acceptors (Lipinski definition) is 5. The third kappa shape index (κ3) is 4.17. The minimum Gasteiger partial charge on any atom is -0.493 e. The van der Waals surface area contributed by atoms with E-state index < -0.39 is 18.0 Å². The van der Waals surface area contributed by atoms with Gasteiger partial charge >= 0.3 is 5.97 Å². The molecular weight excluding hydrogens is 250 g/mol. The van der Waals surface area contributed by atoms with Crippen LogP contribution in [0.2, 0.25) is 0 Å². The summed E-state index contributed by atoms with van der Waals surface area (Å²) in [7, 11) is 3.03. The third-order valence-electron chi connectivity index (χ3n) is 2.36. The molecule has 6 nitrogen and oxygen atoms in total. The van der Waals surface area contributed by atoms with E-state index in [9.17, 15) is 9.59 Å². The number of ether oxygens (including phenoxy) is 3. The molecule has 0 radical (unpaired) electrons. The fourth-order valence-corrected chi connectivity index (χ4v) is 1.46. The molecule has 1 aromatic carbocycles. The smallest absolute Gasteiger partial charge is 0.303 e. The first-order valence-corrected chi connectivity index (χ1v) is 5.68. The highest BCUT2D eigenvalue weighted by Gasteiger charge is 2.16. The summed E-state index contributed by atoms with van der Waals surface area (Å²) in [4.78, 5) is 22.5. The van der Waals surface area contributed by atoms with Crippen molar-refractivity contribution in [3.8, 4) is 11.5 Å². The van der Waals surface area contributed by atoms with Crippen molar-refractivity contribution in [2.24, 2.45) is 0 Å². The highest BCUT2D eigenvalue weighted by Crippen LogP contribution is 2.29. The maximum Gasteiger partial charge on any atom is 0.303 e. The van der Waals surface area contributed by atoms with Crippen molar-refractivity contribution in [3.05, 3.63) is 18.2 Å². The second kappa shape index (κ2) is 6.63. The van der Waals surface area contributed by atoms with Gasteiger partial charge in [-0.2, -0.15) is 0 Å². The van der Waals surface area contributed by atoms with E-state index in [1.807, 2.05) is 0 Å². The zero-order valence-electron chi connectivity index (χ0n) is 11.4. The molecule has 1 atom stereocenters. The Hall–Kier alpha value is -2.24. The highest BCUT2D eigenvalue weighted by atomic mass is 16.5. The number of carbonyl (C=O) groups excluding carboxylic acids is 2. The van der Waals surface area contributed by atoms with Crippen LogP contribution in [0.3, 0.4) is 0 Å². The quantitative estimate of drug-likeness (QED) is 0.820. The molecular formula is C13H17NO5. The van der Waals surface area contributed by atoms with Gasteiger partial charge in [0, 0.05) is 18.7 Å². The van der Waals surface area contributed by atoms with Gasteiger partial charge in [-0.25, -0.2) is 0 Å². The average molecular weight is 267 g/mol. The predicted octanol–water partition coefficient (Wildman–Crippen LogP) is 1.59. The number of nitrogens with one attached hydrogen (secondary N) is 1. The van der Waals surface area contributed by atoms with Crippen molar-refractivity contribution in [1.29, 1.82) is 0 Å². The highest BCUT2D eigenvalue weighted by molar-refractivity contribution is 5.95. The van der Waals surface area contributed by atoms with Gasteiger partial charge in [0.05, 0.1) is 14.2 Å². The summed E-state index contributed by atoms with van der Waals surface area (Å²) in [6.07, 6.45) is -0.856. The van der Waals surface area contributed by atoms with E-state index in [1.165, 1.54) is 28.1 Å². The Bertz CT molecular complexity index is 472. The number of amides is 1. The van der Waals surface area contributed by atoms with Crippen LogP contribution in [0.15, 0.2) is 18.2 Å². The van der Waals surface area contributed by atoms with Gasteiger partial charge in [-0.05, 0) is 19.1 Å². The van der Waals surface area contributed by atoms with Gasteiger partial charge in [0.15, 0.2) is 17.6 Å². The molecule has 1 rings (SSSR count). The van der Waals surface area contributed by atoms with Crippen molar-refractivity contribution in [2.45, 2.75) is 20.0 Å². The molecule has 1 aromatic rings. The molecule has 0 spiro atoms. The maximum absolute atomic E-state index is 11.7. The molecule has 0 saturated heterocycles. The van der Waals surface area contributed by atoms with E-state index in [4.69, 9.17) is 14.2 Å². The summed E-state index contributed by atoms with van der Waals surface area (Å²) >= 11 is 0. The topological polar surface area (TPSA) is 73.9 Å². The minimum atomic E-state index is -0.856. The largest absolute Gasteiger partial charge is 0.493 e. The van der Waals surface area contributed by atoms with Crippen LogP contribution in [0.25, 0.3) is 0 Å². The molecule has 19 heavy (non-hydrogen) atoms. The molecule has 1 N–H and O–H groups in total. The van der Waals surface area contributed by atoms with Gasteiger partial charge in [-0.15, -0.1) is 0 Å². The van der Waals surface area contributed by atoms with Crippen LogP contribution in [-0.4, -0.2) is 32.2 Å². The van der Waals surface area contributed by atoms with Crippen molar-refractivity contribution >= 4 is 17.6 Å². The number of benzene rings is 1. The molecule has 0 aliphatic carbocycles. The Morgan fingerprint density at radius 3 is 2.32 bits per heavy atom. The molecule has 0 saturated carbocycles.